The summed E-state index contributed by atoms with van der Waals surface area (Å²) in [6.45, 7) is 66.7. The first kappa shape index (κ1) is 61.6. The Hall–Kier alpha value is 2.60. The molecule has 0 atom stereocenters. The second-order valence-electron chi connectivity index (χ2n) is 25.3. The van der Waals surface area contributed by atoms with Crippen molar-refractivity contribution >= 4 is 118 Å². The van der Waals surface area contributed by atoms with E-state index in [1.165, 1.54) is 0 Å². The van der Waals surface area contributed by atoms with E-state index in [-0.39, 0.29) is 0 Å². The highest BCUT2D eigenvalue weighted by atomic mass is 28.5. The molecule has 0 unspecified atom stereocenters. The Morgan fingerprint density at radius 1 is 0.186 bits per heavy atom. The third-order valence-corrected chi connectivity index (χ3v) is 55.3. The second-order valence-corrected chi connectivity index (χ2v) is 82.6. The molecule has 0 bridgehead atoms. The van der Waals surface area contributed by atoms with Gasteiger partial charge in [0.2, 0.25) is 0 Å². The zero-order chi connectivity index (χ0) is 47.6. The molecule has 0 saturated carbocycles. The molecule has 356 valence electrons. The van der Waals surface area contributed by atoms with Crippen LogP contribution in [0.15, 0.2) is 0 Å². The first-order valence-electron chi connectivity index (χ1n) is 21.9. The standard InChI is InChI=1S/C34H98O11Si14/c1-46(2,3)35-58(36-47(4,5)6,37-48(7,8)9)33-31-52(19,20)41-54(23,24)43-56(27,28)45-57(29,30)44-55(25,26)42-53(21,22)32-34-59(38-49(10,11)12,39-50(13,14)15)40-51(16,17)18/h31-34H2,1-30H3. The van der Waals surface area contributed by atoms with E-state index in [2.05, 4.69) is 196 Å². The molecule has 0 aromatic rings. The van der Waals surface area contributed by atoms with Crippen LogP contribution in [-0.4, -0.2) is 118 Å². The molecule has 0 aromatic carbocycles. The minimum Gasteiger partial charge on any atom is -0.436 e. The third kappa shape index (κ3) is 30.5. The summed E-state index contributed by atoms with van der Waals surface area (Å²) in [5.74, 6) is 0. The van der Waals surface area contributed by atoms with E-state index >= 15 is 0 Å². The van der Waals surface area contributed by atoms with Crippen molar-refractivity contribution < 1.29 is 45.3 Å². The summed E-state index contributed by atoms with van der Waals surface area (Å²) in [6.07, 6.45) is 0. The second kappa shape index (κ2) is 20.9. The number of hydrogen-bond acceptors (Lipinski definition) is 11. The van der Waals surface area contributed by atoms with E-state index in [0.717, 1.165) is 24.2 Å². The van der Waals surface area contributed by atoms with Crippen LogP contribution in [0.25, 0.3) is 0 Å². The first-order chi connectivity index (χ1) is 25.2. The van der Waals surface area contributed by atoms with Gasteiger partial charge in [-0.25, -0.2) is 0 Å². The fourth-order valence-electron chi connectivity index (χ4n) is 7.43. The van der Waals surface area contributed by atoms with Crippen molar-refractivity contribution in [3.05, 3.63) is 0 Å². The van der Waals surface area contributed by atoms with Gasteiger partial charge >= 0.3 is 51.9 Å². The van der Waals surface area contributed by atoms with Crippen molar-refractivity contribution in [3.8, 4) is 0 Å². The summed E-state index contributed by atoms with van der Waals surface area (Å²) < 4.78 is 77.2. The molecular formula is C34H98O11Si14. The van der Waals surface area contributed by atoms with Gasteiger partial charge in [0.05, 0.1) is 0 Å². The largest absolute Gasteiger partial charge is 0.469 e. The maximum absolute atomic E-state index is 7.12. The summed E-state index contributed by atoms with van der Waals surface area (Å²) in [5, 5.41) is 0. The zero-order valence-electron chi connectivity index (χ0n) is 44.3. The van der Waals surface area contributed by atoms with E-state index in [4.69, 9.17) is 45.3 Å². The topological polar surface area (TPSA) is 102 Å². The fourth-order valence-corrected chi connectivity index (χ4v) is 70.6. The quantitative estimate of drug-likeness (QED) is 0.0700. The SMILES string of the molecule is C[Si](C)(C)O[Si](CC[Si](C)(C)O[Si](C)(C)O[Si](C)(C)O[Si](C)(C)O[Si](C)(C)O[Si](C)(C)CC[Si](O[Si](C)(C)C)(O[Si](C)(C)C)O[Si](C)(C)C)(O[Si](C)(C)C)O[Si](C)(C)C. The Kier molecular flexibility index (Phi) is 21.8. The minimum atomic E-state index is -2.98. The van der Waals surface area contributed by atoms with Crippen LogP contribution in [0.3, 0.4) is 0 Å². The van der Waals surface area contributed by atoms with Crippen molar-refractivity contribution in [2.45, 2.75) is 221 Å². The van der Waals surface area contributed by atoms with Crippen LogP contribution in [0.4, 0.5) is 0 Å². The molecule has 0 heterocycles. The molecule has 59 heavy (non-hydrogen) atoms. The van der Waals surface area contributed by atoms with Gasteiger partial charge in [0.25, 0.3) is 0 Å². The molecule has 0 radical (unpaired) electrons. The van der Waals surface area contributed by atoms with Crippen LogP contribution < -0.4 is 0 Å². The Morgan fingerprint density at radius 3 is 0.492 bits per heavy atom. The number of rotatable bonds is 28. The van der Waals surface area contributed by atoms with Gasteiger partial charge in [-0.2, -0.15) is 0 Å². The monoisotopic (exact) mass is 1070 g/mol. The van der Waals surface area contributed by atoms with E-state index in [1.807, 2.05) is 0 Å². The molecule has 0 saturated heterocycles. The molecule has 11 nitrogen and oxygen atoms in total. The summed E-state index contributed by atoms with van der Waals surface area (Å²) >= 11 is 0. The van der Waals surface area contributed by atoms with Gasteiger partial charge < -0.3 is 45.3 Å². The Morgan fingerprint density at radius 2 is 0.339 bits per heavy atom. The predicted octanol–water partition coefficient (Wildman–Crippen LogP) is 13.3. The van der Waals surface area contributed by atoms with Crippen molar-refractivity contribution in [1.82, 2.24) is 0 Å². The molecule has 0 spiro atoms. The van der Waals surface area contributed by atoms with Crippen LogP contribution in [0.2, 0.25) is 221 Å². The normalized spacial score (nSPS) is 16.0. The summed E-state index contributed by atoms with van der Waals surface area (Å²) in [6, 6.07) is 3.30. The van der Waals surface area contributed by atoms with E-state index in [1.54, 1.807) is 0 Å². The van der Waals surface area contributed by atoms with Crippen molar-refractivity contribution in [3.63, 3.8) is 0 Å². The van der Waals surface area contributed by atoms with Gasteiger partial charge in [-0.3, -0.25) is 0 Å². The molecule has 0 aliphatic carbocycles. The smallest absolute Gasteiger partial charge is 0.436 e. The molecule has 0 aliphatic heterocycles. The molecule has 0 amide bonds. The highest BCUT2D eigenvalue weighted by Crippen LogP contribution is 2.36. The highest BCUT2D eigenvalue weighted by Gasteiger charge is 2.54. The first-order valence-corrected chi connectivity index (χ1v) is 63.7. The average molecular weight is 1080 g/mol. The van der Waals surface area contributed by atoms with Crippen LogP contribution in [-0.2, 0) is 45.3 Å². The van der Waals surface area contributed by atoms with Crippen LogP contribution in [0.5, 0.6) is 0 Å². The van der Waals surface area contributed by atoms with Gasteiger partial charge in [0, 0.05) is 12.1 Å². The summed E-state index contributed by atoms with van der Waals surface area (Å²) in [4.78, 5) is 0. The van der Waals surface area contributed by atoms with Crippen LogP contribution in [0.1, 0.15) is 0 Å². The van der Waals surface area contributed by atoms with Crippen LogP contribution in [0, 0.1) is 0 Å². The van der Waals surface area contributed by atoms with Gasteiger partial charge in [0.1, 0.15) is 0 Å². The Bertz CT molecular complexity index is 1130. The summed E-state index contributed by atoms with van der Waals surface area (Å²) in [7, 11) is -33.0. The molecular weight excluding hydrogens is 978 g/mol. The summed E-state index contributed by atoms with van der Waals surface area (Å²) in [5.41, 5.74) is 0. The predicted molar refractivity (Wildman–Crippen MR) is 288 cm³/mol. The third-order valence-electron chi connectivity index (χ3n) is 7.36. The average Bonchev–Trinajstić information content (AvgIpc) is 2.76. The highest BCUT2D eigenvalue weighted by molar-refractivity contribution is 6.94. The molecule has 0 rings (SSSR count). The molecule has 0 fully saturated rings. The van der Waals surface area contributed by atoms with Gasteiger partial charge in [-0.05, 0) is 208 Å². The lowest BCUT2D eigenvalue weighted by Crippen LogP contribution is -2.62. The van der Waals surface area contributed by atoms with Crippen molar-refractivity contribution in [1.29, 1.82) is 0 Å². The zero-order valence-corrected chi connectivity index (χ0v) is 58.3. The van der Waals surface area contributed by atoms with Crippen LogP contribution >= 0.6 is 0 Å². The lowest BCUT2D eigenvalue weighted by Gasteiger charge is -2.45. The lowest BCUT2D eigenvalue weighted by atomic mass is 10.9. The molecule has 25 heteroatoms. The molecule has 0 aromatic heterocycles. The maximum atomic E-state index is 7.12. The lowest BCUT2D eigenvalue weighted by molar-refractivity contribution is 0.251. The van der Waals surface area contributed by atoms with E-state index in [0.29, 0.717) is 0 Å². The Balaban J connectivity index is 6.09. The van der Waals surface area contributed by atoms with Gasteiger partial charge in [-0.15, -0.1) is 0 Å². The van der Waals surface area contributed by atoms with Gasteiger partial charge in [-0.1, -0.05) is 0 Å². The Labute approximate surface area is 381 Å². The van der Waals surface area contributed by atoms with E-state index in [9.17, 15) is 0 Å². The maximum Gasteiger partial charge on any atom is 0.469 e. The number of hydrogen-bond donors (Lipinski definition) is 0. The fraction of sp³-hybridized carbons (Fsp3) is 1.00. The van der Waals surface area contributed by atoms with E-state index < -0.39 is 118 Å². The molecule has 0 aliphatic rings. The van der Waals surface area contributed by atoms with Crippen molar-refractivity contribution in [2.24, 2.45) is 0 Å². The minimum absolute atomic E-state index is 0.769. The van der Waals surface area contributed by atoms with Crippen molar-refractivity contribution in [2.75, 3.05) is 0 Å². The van der Waals surface area contributed by atoms with Gasteiger partial charge in [0.15, 0.2) is 66.5 Å². The molecule has 0 N–H and O–H groups in total.